The Morgan fingerprint density at radius 3 is 2.59 bits per heavy atom. The van der Waals surface area contributed by atoms with E-state index in [1.165, 1.54) is 31.2 Å². The normalized spacial score (nSPS) is 14.9. The first-order valence-electron chi connectivity index (χ1n) is 10.2. The number of aryl methyl sites for hydroxylation is 2. The first-order chi connectivity index (χ1) is 15.1. The number of benzene rings is 2. The quantitative estimate of drug-likeness (QED) is 0.558. The lowest BCUT2D eigenvalue weighted by atomic mass is 10.1. The van der Waals surface area contributed by atoms with Crippen LogP contribution in [0.4, 0.5) is 10.1 Å². The standard InChI is InChI=1S/C22H23FN4O4S/c1-12-4-5-16(20-25-22(31-26-20)15-6-7-15)11-19(12)32(29,30)27-14(3)21(28)24-18-9-8-17(23)10-13(18)2/h4-5,8-11,14-15,27H,6-7H2,1-3H3,(H,24,28)/t14-/m0/s1. The van der Waals surface area contributed by atoms with Crippen molar-refractivity contribution in [3.63, 3.8) is 0 Å². The second-order valence-corrected chi connectivity index (χ2v) is 9.68. The van der Waals surface area contributed by atoms with E-state index in [-0.39, 0.29) is 10.8 Å². The molecule has 0 aliphatic heterocycles. The Balaban J connectivity index is 1.52. The summed E-state index contributed by atoms with van der Waals surface area (Å²) in [6.07, 6.45) is 2.02. The first-order valence-corrected chi connectivity index (χ1v) is 11.7. The van der Waals surface area contributed by atoms with Gasteiger partial charge in [-0.1, -0.05) is 17.3 Å². The summed E-state index contributed by atoms with van der Waals surface area (Å²) in [6.45, 7) is 4.75. The van der Waals surface area contributed by atoms with Crippen molar-refractivity contribution in [3.8, 4) is 11.4 Å². The lowest BCUT2D eigenvalue weighted by molar-refractivity contribution is -0.117. The minimum atomic E-state index is -4.03. The Hall–Kier alpha value is -3.11. The van der Waals surface area contributed by atoms with Crippen LogP contribution in [0.1, 0.15) is 42.7 Å². The van der Waals surface area contributed by atoms with Gasteiger partial charge in [-0.2, -0.15) is 9.71 Å². The van der Waals surface area contributed by atoms with E-state index in [9.17, 15) is 17.6 Å². The minimum Gasteiger partial charge on any atom is -0.339 e. The van der Waals surface area contributed by atoms with Crippen molar-refractivity contribution in [1.29, 1.82) is 0 Å². The molecule has 0 bridgehead atoms. The van der Waals surface area contributed by atoms with Gasteiger partial charge in [-0.25, -0.2) is 12.8 Å². The molecule has 1 fully saturated rings. The van der Waals surface area contributed by atoms with Gasteiger partial charge in [-0.3, -0.25) is 4.79 Å². The van der Waals surface area contributed by atoms with E-state index in [1.54, 1.807) is 26.0 Å². The SMILES string of the molecule is Cc1cc(F)ccc1NC(=O)[C@H](C)NS(=O)(=O)c1cc(-c2noc(C3CC3)n2)ccc1C. The zero-order valence-corrected chi connectivity index (χ0v) is 18.7. The fraction of sp³-hybridized carbons (Fsp3) is 0.318. The van der Waals surface area contributed by atoms with Crippen LogP contribution in [0.15, 0.2) is 45.8 Å². The lowest BCUT2D eigenvalue weighted by Gasteiger charge is -2.17. The number of hydrogen-bond acceptors (Lipinski definition) is 6. The second kappa shape index (κ2) is 8.44. The number of aromatic nitrogens is 2. The van der Waals surface area contributed by atoms with Crippen LogP contribution in [0.5, 0.6) is 0 Å². The third-order valence-electron chi connectivity index (χ3n) is 5.28. The fourth-order valence-corrected chi connectivity index (χ4v) is 4.71. The summed E-state index contributed by atoms with van der Waals surface area (Å²) < 4.78 is 47.0. The van der Waals surface area contributed by atoms with Gasteiger partial charge in [0.15, 0.2) is 0 Å². The largest absolute Gasteiger partial charge is 0.339 e. The number of halogens is 1. The number of nitrogens with zero attached hydrogens (tertiary/aromatic N) is 2. The summed E-state index contributed by atoms with van der Waals surface area (Å²) in [4.78, 5) is 16.9. The molecule has 1 aliphatic carbocycles. The predicted octanol–water partition coefficient (Wildman–Crippen LogP) is 3.68. The van der Waals surface area contributed by atoms with Gasteiger partial charge in [-0.05, 0) is 69.0 Å². The number of amides is 1. The van der Waals surface area contributed by atoms with Crippen LogP contribution in [0.3, 0.4) is 0 Å². The van der Waals surface area contributed by atoms with Crippen molar-refractivity contribution >= 4 is 21.6 Å². The average Bonchev–Trinajstić information content (AvgIpc) is 3.47. The summed E-state index contributed by atoms with van der Waals surface area (Å²) in [6, 6.07) is 7.71. The number of anilines is 1. The Morgan fingerprint density at radius 2 is 1.91 bits per heavy atom. The number of nitrogens with one attached hydrogen (secondary N) is 2. The van der Waals surface area contributed by atoms with Crippen LogP contribution in [0.2, 0.25) is 0 Å². The summed E-state index contributed by atoms with van der Waals surface area (Å²) in [5.41, 5.74) is 1.95. The maximum atomic E-state index is 13.3. The average molecular weight is 459 g/mol. The Morgan fingerprint density at radius 1 is 1.16 bits per heavy atom. The van der Waals surface area contributed by atoms with Gasteiger partial charge < -0.3 is 9.84 Å². The van der Waals surface area contributed by atoms with Crippen molar-refractivity contribution in [3.05, 3.63) is 59.2 Å². The molecule has 8 nitrogen and oxygen atoms in total. The molecule has 0 saturated heterocycles. The molecular formula is C22H23FN4O4S. The zero-order chi connectivity index (χ0) is 23.0. The topological polar surface area (TPSA) is 114 Å². The van der Waals surface area contributed by atoms with E-state index >= 15 is 0 Å². The van der Waals surface area contributed by atoms with Crippen LogP contribution >= 0.6 is 0 Å². The van der Waals surface area contributed by atoms with E-state index in [0.29, 0.717) is 34.1 Å². The summed E-state index contributed by atoms with van der Waals surface area (Å²) in [5, 5.41) is 6.58. The van der Waals surface area contributed by atoms with Crippen LogP contribution in [0.25, 0.3) is 11.4 Å². The minimum absolute atomic E-state index is 0.0189. The zero-order valence-electron chi connectivity index (χ0n) is 17.8. The number of sulfonamides is 1. The highest BCUT2D eigenvalue weighted by molar-refractivity contribution is 7.89. The molecule has 1 saturated carbocycles. The van der Waals surface area contributed by atoms with Crippen molar-refractivity contribution in [2.45, 2.75) is 50.5 Å². The van der Waals surface area contributed by atoms with E-state index < -0.39 is 27.8 Å². The third kappa shape index (κ3) is 4.71. The molecule has 2 aromatic carbocycles. The second-order valence-electron chi connectivity index (χ2n) is 8.00. The van der Waals surface area contributed by atoms with Gasteiger partial charge in [0.2, 0.25) is 27.6 Å². The molecular weight excluding hydrogens is 435 g/mol. The van der Waals surface area contributed by atoms with Crippen LogP contribution in [0, 0.1) is 19.7 Å². The smallest absolute Gasteiger partial charge is 0.242 e. The molecule has 4 rings (SSSR count). The van der Waals surface area contributed by atoms with Crippen molar-refractivity contribution in [2.24, 2.45) is 0 Å². The number of carbonyl (C=O) groups excluding carboxylic acids is 1. The number of carbonyl (C=O) groups is 1. The highest BCUT2D eigenvalue weighted by Gasteiger charge is 2.30. The Kier molecular flexibility index (Phi) is 5.83. The Labute approximate surface area is 185 Å². The summed E-state index contributed by atoms with van der Waals surface area (Å²) in [5.74, 6) is 0.181. The van der Waals surface area contributed by atoms with Crippen LogP contribution < -0.4 is 10.0 Å². The summed E-state index contributed by atoms with van der Waals surface area (Å²) in [7, 11) is -4.03. The van der Waals surface area contributed by atoms with Gasteiger partial charge in [0.25, 0.3) is 0 Å². The van der Waals surface area contributed by atoms with E-state index in [2.05, 4.69) is 20.2 Å². The fourth-order valence-electron chi connectivity index (χ4n) is 3.24. The van der Waals surface area contributed by atoms with Crippen molar-refractivity contribution < 1.29 is 22.1 Å². The third-order valence-corrected chi connectivity index (χ3v) is 6.96. The van der Waals surface area contributed by atoms with E-state index in [4.69, 9.17) is 4.52 Å². The highest BCUT2D eigenvalue weighted by Crippen LogP contribution is 2.39. The first kappa shape index (κ1) is 22.1. The van der Waals surface area contributed by atoms with Gasteiger partial charge in [0, 0.05) is 17.2 Å². The van der Waals surface area contributed by atoms with Gasteiger partial charge >= 0.3 is 0 Å². The molecule has 168 valence electrons. The molecule has 3 aromatic rings. The summed E-state index contributed by atoms with van der Waals surface area (Å²) >= 11 is 0. The van der Waals surface area contributed by atoms with Crippen molar-refractivity contribution in [1.82, 2.24) is 14.9 Å². The highest BCUT2D eigenvalue weighted by atomic mass is 32.2. The number of hydrogen-bond donors (Lipinski definition) is 2. The molecule has 0 spiro atoms. The van der Waals surface area contributed by atoms with E-state index in [0.717, 1.165) is 12.8 Å². The molecule has 32 heavy (non-hydrogen) atoms. The molecule has 0 unspecified atom stereocenters. The van der Waals surface area contributed by atoms with E-state index in [1.807, 2.05) is 0 Å². The van der Waals surface area contributed by atoms with Gasteiger partial charge in [-0.15, -0.1) is 0 Å². The monoisotopic (exact) mass is 458 g/mol. The lowest BCUT2D eigenvalue weighted by Crippen LogP contribution is -2.41. The maximum Gasteiger partial charge on any atom is 0.242 e. The molecule has 0 radical (unpaired) electrons. The van der Waals surface area contributed by atoms with Crippen LogP contribution in [-0.4, -0.2) is 30.5 Å². The number of rotatable bonds is 7. The van der Waals surface area contributed by atoms with Gasteiger partial charge in [0.05, 0.1) is 10.9 Å². The van der Waals surface area contributed by atoms with Crippen molar-refractivity contribution in [2.75, 3.05) is 5.32 Å². The molecule has 10 heteroatoms. The molecule has 1 aliphatic rings. The molecule has 1 aromatic heterocycles. The molecule has 1 amide bonds. The Bertz CT molecular complexity index is 1280. The predicted molar refractivity (Wildman–Crippen MR) is 116 cm³/mol. The maximum absolute atomic E-state index is 13.3. The van der Waals surface area contributed by atoms with Crippen LogP contribution in [-0.2, 0) is 14.8 Å². The molecule has 1 atom stereocenters. The molecule has 1 heterocycles. The van der Waals surface area contributed by atoms with Gasteiger partial charge in [0.1, 0.15) is 5.82 Å². The molecule has 2 N–H and O–H groups in total.